The van der Waals surface area contributed by atoms with Crippen LogP contribution < -0.4 is 5.32 Å². The number of carbonyl (C=O) groups is 1. The molecule has 1 aliphatic heterocycles. The second-order valence-corrected chi connectivity index (χ2v) is 10.2. The maximum atomic E-state index is 11.9. The van der Waals surface area contributed by atoms with Crippen LogP contribution in [0.2, 0.25) is 0 Å². The van der Waals surface area contributed by atoms with E-state index in [0.717, 1.165) is 24.1 Å². The number of aliphatic hydroxyl groups is 1. The van der Waals surface area contributed by atoms with Crippen LogP contribution in [0.25, 0.3) is 0 Å². The maximum Gasteiger partial charge on any atom is 0.338 e. The zero-order chi connectivity index (χ0) is 24.2. The number of esters is 1. The zero-order valence-corrected chi connectivity index (χ0v) is 20.4. The molecule has 0 aliphatic carbocycles. The molecule has 4 rings (SSSR count). The van der Waals surface area contributed by atoms with E-state index in [4.69, 9.17) is 4.74 Å². The highest BCUT2D eigenvalue weighted by Crippen LogP contribution is 2.35. The molecule has 0 fully saturated rings. The summed E-state index contributed by atoms with van der Waals surface area (Å²) < 4.78 is 5.13. The van der Waals surface area contributed by atoms with E-state index in [2.05, 4.69) is 74.6 Å². The molecule has 0 radical (unpaired) electrons. The Balaban J connectivity index is 1.49. The summed E-state index contributed by atoms with van der Waals surface area (Å²) in [6.07, 6.45) is 3.17. The molecule has 0 spiro atoms. The van der Waals surface area contributed by atoms with Crippen LogP contribution in [0.15, 0.2) is 72.8 Å². The standard InChI is InChI=1S/C30H35NO3/c1-22-10-7-8-11-23(22)12-9-17-30(33,20-29(2,3)25-13-5-4-6-14-25)21-31-26-15-16-27-24(18-26)19-34-28(27)32/h4-8,10-11,13-16,18,31,33H,9,12,17,19-21H2,1-3H3. The molecule has 178 valence electrons. The third kappa shape index (κ3) is 5.68. The second kappa shape index (κ2) is 10.0. The van der Waals surface area contributed by atoms with Crippen molar-refractivity contribution in [3.63, 3.8) is 0 Å². The van der Waals surface area contributed by atoms with Crippen LogP contribution in [-0.4, -0.2) is 23.2 Å². The van der Waals surface area contributed by atoms with Crippen molar-refractivity contribution in [3.8, 4) is 0 Å². The van der Waals surface area contributed by atoms with E-state index >= 15 is 0 Å². The first-order chi connectivity index (χ1) is 16.3. The molecular weight excluding hydrogens is 422 g/mol. The number of hydrogen-bond acceptors (Lipinski definition) is 4. The van der Waals surface area contributed by atoms with Gasteiger partial charge in [-0.15, -0.1) is 0 Å². The number of cyclic esters (lactones) is 1. The third-order valence-electron chi connectivity index (χ3n) is 6.98. The highest BCUT2D eigenvalue weighted by Gasteiger charge is 2.35. The monoisotopic (exact) mass is 457 g/mol. The Hall–Kier alpha value is -3.11. The average molecular weight is 458 g/mol. The molecule has 0 bridgehead atoms. The van der Waals surface area contributed by atoms with E-state index in [0.29, 0.717) is 31.6 Å². The van der Waals surface area contributed by atoms with Gasteiger partial charge in [-0.3, -0.25) is 0 Å². The lowest BCUT2D eigenvalue weighted by Crippen LogP contribution is -2.42. The van der Waals surface area contributed by atoms with Gasteiger partial charge in [0.25, 0.3) is 0 Å². The molecule has 2 N–H and O–H groups in total. The fraction of sp³-hybridized carbons (Fsp3) is 0.367. The van der Waals surface area contributed by atoms with E-state index in [9.17, 15) is 9.90 Å². The molecule has 0 aromatic heterocycles. The number of benzene rings is 3. The number of hydrogen-bond donors (Lipinski definition) is 2. The fourth-order valence-electron chi connectivity index (χ4n) is 5.06. The van der Waals surface area contributed by atoms with Gasteiger partial charge < -0.3 is 15.2 Å². The van der Waals surface area contributed by atoms with Gasteiger partial charge in [0.05, 0.1) is 11.2 Å². The van der Waals surface area contributed by atoms with Gasteiger partial charge in [-0.1, -0.05) is 68.4 Å². The van der Waals surface area contributed by atoms with Crippen LogP contribution in [-0.2, 0) is 23.2 Å². The summed E-state index contributed by atoms with van der Waals surface area (Å²) in [6.45, 7) is 7.29. The Labute approximate surface area is 203 Å². The minimum atomic E-state index is -0.895. The highest BCUT2D eigenvalue weighted by atomic mass is 16.5. The van der Waals surface area contributed by atoms with Crippen molar-refractivity contribution in [1.29, 1.82) is 0 Å². The topological polar surface area (TPSA) is 58.6 Å². The van der Waals surface area contributed by atoms with Crippen LogP contribution in [0.4, 0.5) is 5.69 Å². The fourth-order valence-corrected chi connectivity index (χ4v) is 5.06. The molecule has 0 saturated carbocycles. The van der Waals surface area contributed by atoms with Gasteiger partial charge in [-0.25, -0.2) is 4.79 Å². The van der Waals surface area contributed by atoms with Gasteiger partial charge in [0.1, 0.15) is 6.61 Å². The number of anilines is 1. The summed E-state index contributed by atoms with van der Waals surface area (Å²) in [7, 11) is 0. The summed E-state index contributed by atoms with van der Waals surface area (Å²) >= 11 is 0. The SMILES string of the molecule is Cc1ccccc1CCCC(O)(CNc1ccc2c(c1)COC2=O)CC(C)(C)c1ccccc1. The Morgan fingerprint density at radius 1 is 1.00 bits per heavy atom. The number of ether oxygens (including phenoxy) is 1. The van der Waals surface area contributed by atoms with E-state index in [1.54, 1.807) is 6.07 Å². The lowest BCUT2D eigenvalue weighted by molar-refractivity contribution is 0.0155. The Morgan fingerprint density at radius 2 is 1.74 bits per heavy atom. The molecule has 3 aromatic carbocycles. The highest BCUT2D eigenvalue weighted by molar-refractivity contribution is 5.93. The van der Waals surface area contributed by atoms with E-state index in [-0.39, 0.29) is 11.4 Å². The van der Waals surface area contributed by atoms with Crippen LogP contribution in [0.5, 0.6) is 0 Å². The van der Waals surface area contributed by atoms with Crippen molar-refractivity contribution in [2.45, 2.75) is 64.1 Å². The van der Waals surface area contributed by atoms with Crippen molar-refractivity contribution in [2.24, 2.45) is 0 Å². The Bertz CT molecular complexity index is 1140. The van der Waals surface area contributed by atoms with Gasteiger partial charge in [0, 0.05) is 17.8 Å². The summed E-state index contributed by atoms with van der Waals surface area (Å²) in [6, 6.07) is 24.5. The molecule has 0 amide bonds. The Morgan fingerprint density at radius 3 is 2.50 bits per heavy atom. The van der Waals surface area contributed by atoms with E-state index in [1.807, 2.05) is 18.2 Å². The number of aryl methyl sites for hydroxylation is 2. The van der Waals surface area contributed by atoms with Crippen LogP contribution in [0.3, 0.4) is 0 Å². The molecule has 4 nitrogen and oxygen atoms in total. The second-order valence-electron chi connectivity index (χ2n) is 10.2. The lowest BCUT2D eigenvalue weighted by Gasteiger charge is -2.37. The van der Waals surface area contributed by atoms with Crippen molar-refractivity contribution < 1.29 is 14.6 Å². The molecule has 4 heteroatoms. The van der Waals surface area contributed by atoms with Crippen LogP contribution >= 0.6 is 0 Å². The average Bonchev–Trinajstić information content (AvgIpc) is 3.19. The summed E-state index contributed by atoms with van der Waals surface area (Å²) in [5, 5.41) is 15.4. The van der Waals surface area contributed by atoms with Crippen LogP contribution in [0.1, 0.15) is 65.7 Å². The minimum absolute atomic E-state index is 0.182. The van der Waals surface area contributed by atoms with Gasteiger partial charge >= 0.3 is 5.97 Å². The first-order valence-corrected chi connectivity index (χ1v) is 12.1. The smallest absolute Gasteiger partial charge is 0.338 e. The third-order valence-corrected chi connectivity index (χ3v) is 6.98. The van der Waals surface area contributed by atoms with Gasteiger partial charge in [0.15, 0.2) is 0 Å². The van der Waals surface area contributed by atoms with E-state index in [1.165, 1.54) is 16.7 Å². The van der Waals surface area contributed by atoms with Crippen LogP contribution in [0, 0.1) is 6.92 Å². The van der Waals surface area contributed by atoms with Crippen molar-refractivity contribution >= 4 is 11.7 Å². The molecule has 34 heavy (non-hydrogen) atoms. The first kappa shape index (κ1) is 24.0. The molecule has 3 aromatic rings. The van der Waals surface area contributed by atoms with E-state index < -0.39 is 5.60 Å². The van der Waals surface area contributed by atoms with Gasteiger partial charge in [-0.05, 0) is 72.9 Å². The predicted octanol–water partition coefficient (Wildman–Crippen LogP) is 6.20. The maximum absolute atomic E-state index is 11.9. The predicted molar refractivity (Wildman–Crippen MR) is 137 cm³/mol. The summed E-state index contributed by atoms with van der Waals surface area (Å²) in [5.74, 6) is -0.265. The molecule has 1 atom stereocenters. The largest absolute Gasteiger partial charge is 0.457 e. The summed E-state index contributed by atoms with van der Waals surface area (Å²) in [4.78, 5) is 11.8. The lowest BCUT2D eigenvalue weighted by atomic mass is 9.73. The van der Waals surface area contributed by atoms with Crippen molar-refractivity contribution in [2.75, 3.05) is 11.9 Å². The van der Waals surface area contributed by atoms with Gasteiger partial charge in [0.2, 0.25) is 0 Å². The molecule has 1 heterocycles. The van der Waals surface area contributed by atoms with Gasteiger partial charge in [-0.2, -0.15) is 0 Å². The van der Waals surface area contributed by atoms with Crippen molar-refractivity contribution in [1.82, 2.24) is 0 Å². The molecular formula is C30H35NO3. The summed E-state index contributed by atoms with van der Waals surface area (Å²) in [5.41, 5.74) is 5.19. The Kier molecular flexibility index (Phi) is 7.08. The number of rotatable bonds is 10. The number of nitrogens with one attached hydrogen (secondary N) is 1. The number of fused-ring (bicyclic) bond motifs is 1. The first-order valence-electron chi connectivity index (χ1n) is 12.1. The number of carbonyl (C=O) groups excluding carboxylic acids is 1. The van der Waals surface area contributed by atoms with Crippen molar-refractivity contribution in [3.05, 3.63) is 101 Å². The minimum Gasteiger partial charge on any atom is -0.457 e. The quantitative estimate of drug-likeness (QED) is 0.356. The molecule has 0 saturated heterocycles. The molecule has 1 unspecified atom stereocenters. The molecule has 1 aliphatic rings. The zero-order valence-electron chi connectivity index (χ0n) is 20.4. The normalized spacial score (nSPS) is 14.9.